The van der Waals surface area contributed by atoms with E-state index in [0.717, 1.165) is 49.7 Å². The third-order valence-corrected chi connectivity index (χ3v) is 8.03. The molecule has 0 saturated heterocycles. The van der Waals surface area contributed by atoms with Gasteiger partial charge in [0, 0.05) is 27.7 Å². The summed E-state index contributed by atoms with van der Waals surface area (Å²) in [5, 5.41) is 6.77. The van der Waals surface area contributed by atoms with Crippen molar-refractivity contribution < 1.29 is 19.1 Å². The Balaban J connectivity index is 1.11. The number of hydrogen-bond acceptors (Lipinski definition) is 5. The van der Waals surface area contributed by atoms with Gasteiger partial charge in [0.15, 0.2) is 11.5 Å². The molecule has 0 bridgehead atoms. The van der Waals surface area contributed by atoms with E-state index < -0.39 is 0 Å². The summed E-state index contributed by atoms with van der Waals surface area (Å²) in [5.74, 6) is 1.89. The number of rotatable bonds is 5. The molecule has 198 valence electrons. The van der Waals surface area contributed by atoms with Crippen LogP contribution in [0.15, 0.2) is 96.0 Å². The zero-order chi connectivity index (χ0) is 27.1. The number of H-pyrrole nitrogens is 1. The van der Waals surface area contributed by atoms with Gasteiger partial charge in [0.05, 0.1) is 23.7 Å². The molecule has 3 N–H and O–H groups in total. The molecule has 0 spiro atoms. The fourth-order valence-corrected chi connectivity index (χ4v) is 5.90. The maximum Gasteiger partial charge on any atom is 0.323 e. The van der Waals surface area contributed by atoms with Crippen LogP contribution >= 0.6 is 11.8 Å². The first kappa shape index (κ1) is 24.2. The molecule has 8 nitrogen and oxygen atoms in total. The van der Waals surface area contributed by atoms with Gasteiger partial charge in [-0.25, -0.2) is 4.79 Å². The van der Waals surface area contributed by atoms with Crippen LogP contribution in [-0.4, -0.2) is 29.5 Å². The van der Waals surface area contributed by atoms with Gasteiger partial charge in [-0.05, 0) is 59.2 Å². The Morgan fingerprint density at radius 1 is 0.900 bits per heavy atom. The van der Waals surface area contributed by atoms with E-state index in [-0.39, 0.29) is 18.7 Å². The SMILES string of the molecule is O=C(Nc1ccc2c(c1)N(Cc1ccccc1)C(=O)CS2)Nc1c[nH]c2ccc(-c3ccc4c(c3)OCO4)cc12. The number of fused-ring (bicyclic) bond motifs is 3. The number of anilines is 3. The van der Waals surface area contributed by atoms with Crippen molar-refractivity contribution in [3.8, 4) is 22.6 Å². The van der Waals surface area contributed by atoms with Crippen LogP contribution in [-0.2, 0) is 11.3 Å². The van der Waals surface area contributed by atoms with Gasteiger partial charge < -0.3 is 30.0 Å². The van der Waals surface area contributed by atoms with Crippen LogP contribution in [0.1, 0.15) is 5.56 Å². The predicted octanol–water partition coefficient (Wildman–Crippen LogP) is 6.85. The number of carbonyl (C=O) groups is 2. The minimum Gasteiger partial charge on any atom is -0.454 e. The Morgan fingerprint density at radius 2 is 1.73 bits per heavy atom. The highest BCUT2D eigenvalue weighted by molar-refractivity contribution is 8.00. The van der Waals surface area contributed by atoms with E-state index >= 15 is 0 Å². The third-order valence-electron chi connectivity index (χ3n) is 6.98. The van der Waals surface area contributed by atoms with Crippen LogP contribution in [0.25, 0.3) is 22.0 Å². The molecule has 0 atom stereocenters. The molecular weight excluding hydrogens is 524 g/mol. The fraction of sp³-hybridized carbons (Fsp3) is 0.0968. The molecule has 40 heavy (non-hydrogen) atoms. The van der Waals surface area contributed by atoms with E-state index in [4.69, 9.17) is 9.47 Å². The summed E-state index contributed by atoms with van der Waals surface area (Å²) in [5.41, 5.74) is 5.98. The lowest BCUT2D eigenvalue weighted by molar-refractivity contribution is -0.116. The smallest absolute Gasteiger partial charge is 0.323 e. The number of benzene rings is 4. The summed E-state index contributed by atoms with van der Waals surface area (Å²) in [6, 6.07) is 27.0. The number of nitrogens with zero attached hydrogens (tertiary/aromatic N) is 1. The molecule has 0 radical (unpaired) electrons. The monoisotopic (exact) mass is 548 g/mol. The van der Waals surface area contributed by atoms with Gasteiger partial charge in [0.25, 0.3) is 0 Å². The van der Waals surface area contributed by atoms with Crippen molar-refractivity contribution in [2.75, 3.05) is 28.1 Å². The van der Waals surface area contributed by atoms with Gasteiger partial charge in [-0.2, -0.15) is 0 Å². The zero-order valence-electron chi connectivity index (χ0n) is 21.3. The van der Waals surface area contributed by atoms with Crippen molar-refractivity contribution in [1.82, 2.24) is 4.98 Å². The molecule has 9 heteroatoms. The zero-order valence-corrected chi connectivity index (χ0v) is 22.1. The lowest BCUT2D eigenvalue weighted by Gasteiger charge is -2.29. The van der Waals surface area contributed by atoms with Crippen molar-refractivity contribution >= 4 is 51.7 Å². The molecule has 0 fully saturated rings. The van der Waals surface area contributed by atoms with Crippen LogP contribution in [0.4, 0.5) is 21.9 Å². The van der Waals surface area contributed by atoms with Gasteiger partial charge in [0.1, 0.15) is 0 Å². The van der Waals surface area contributed by atoms with Gasteiger partial charge in [-0.15, -0.1) is 11.8 Å². The van der Waals surface area contributed by atoms with Crippen molar-refractivity contribution in [3.63, 3.8) is 0 Å². The number of aromatic amines is 1. The number of amides is 3. The maximum absolute atomic E-state index is 13.1. The second-order valence-electron chi connectivity index (χ2n) is 9.55. The number of carbonyl (C=O) groups excluding carboxylic acids is 2. The summed E-state index contributed by atoms with van der Waals surface area (Å²) in [7, 11) is 0. The normalized spacial score (nSPS) is 13.8. The molecule has 4 aromatic carbocycles. The highest BCUT2D eigenvalue weighted by atomic mass is 32.2. The van der Waals surface area contributed by atoms with Crippen molar-refractivity contribution in [2.45, 2.75) is 11.4 Å². The van der Waals surface area contributed by atoms with E-state index in [1.54, 1.807) is 11.1 Å². The van der Waals surface area contributed by atoms with Crippen molar-refractivity contribution in [3.05, 3.63) is 96.7 Å². The Labute approximate surface area is 234 Å². The Hall–Kier alpha value is -4.89. The maximum atomic E-state index is 13.1. The van der Waals surface area contributed by atoms with E-state index in [2.05, 4.69) is 15.6 Å². The van der Waals surface area contributed by atoms with Gasteiger partial charge in [-0.1, -0.05) is 42.5 Å². The number of aromatic nitrogens is 1. The van der Waals surface area contributed by atoms with Gasteiger partial charge in [-0.3, -0.25) is 4.79 Å². The lowest BCUT2D eigenvalue weighted by Crippen LogP contribution is -2.34. The first-order valence-corrected chi connectivity index (χ1v) is 13.8. The number of urea groups is 1. The minimum absolute atomic E-state index is 0.0417. The summed E-state index contributed by atoms with van der Waals surface area (Å²) < 4.78 is 11.0. The quantitative estimate of drug-likeness (QED) is 0.223. The van der Waals surface area contributed by atoms with Gasteiger partial charge >= 0.3 is 6.03 Å². The molecule has 1 aromatic heterocycles. The fourth-order valence-electron chi connectivity index (χ4n) is 4.98. The predicted molar refractivity (Wildman–Crippen MR) is 157 cm³/mol. The van der Waals surface area contributed by atoms with E-state index in [1.807, 2.05) is 84.9 Å². The molecule has 5 aromatic rings. The molecule has 0 aliphatic carbocycles. The molecule has 2 aliphatic rings. The number of nitrogens with one attached hydrogen (secondary N) is 3. The second-order valence-corrected chi connectivity index (χ2v) is 10.6. The molecule has 0 saturated carbocycles. The average molecular weight is 549 g/mol. The molecule has 2 aliphatic heterocycles. The Kier molecular flexibility index (Phi) is 6.05. The molecular formula is C31H24N4O4S. The van der Waals surface area contributed by atoms with Crippen molar-refractivity contribution in [2.24, 2.45) is 0 Å². The highest BCUT2D eigenvalue weighted by Gasteiger charge is 2.25. The summed E-state index contributed by atoms with van der Waals surface area (Å²) >= 11 is 1.51. The highest BCUT2D eigenvalue weighted by Crippen LogP contribution is 2.39. The first-order valence-electron chi connectivity index (χ1n) is 12.8. The minimum atomic E-state index is -0.376. The number of ether oxygens (including phenoxy) is 2. The number of hydrogen-bond donors (Lipinski definition) is 3. The topological polar surface area (TPSA) is 95.7 Å². The molecule has 7 rings (SSSR count). The first-order chi connectivity index (χ1) is 19.6. The largest absolute Gasteiger partial charge is 0.454 e. The third kappa shape index (κ3) is 4.60. The Morgan fingerprint density at radius 3 is 2.62 bits per heavy atom. The van der Waals surface area contributed by atoms with Crippen LogP contribution in [0.3, 0.4) is 0 Å². The standard InChI is InChI=1S/C31H24N4O4S/c36-30-17-40-29-11-8-22(14-26(29)35(30)16-19-4-2-1-3-5-19)33-31(37)34-25-15-32-24-9-6-20(12-23(24)25)21-7-10-27-28(13-21)39-18-38-27/h1-15,32H,16-18H2,(H2,33,34,37). The van der Waals surface area contributed by atoms with Gasteiger partial charge in [0.2, 0.25) is 12.7 Å². The Bertz CT molecular complexity index is 1770. The lowest BCUT2D eigenvalue weighted by atomic mass is 10.0. The van der Waals surface area contributed by atoms with E-state index in [0.29, 0.717) is 23.7 Å². The van der Waals surface area contributed by atoms with Crippen LogP contribution in [0.5, 0.6) is 11.5 Å². The summed E-state index contributed by atoms with van der Waals surface area (Å²) in [6.07, 6.45) is 1.78. The average Bonchev–Trinajstić information content (AvgIpc) is 3.61. The number of thioether (sulfide) groups is 1. The summed E-state index contributed by atoms with van der Waals surface area (Å²) in [4.78, 5) is 31.9. The molecule has 3 amide bonds. The second kappa shape index (κ2) is 10.0. The van der Waals surface area contributed by atoms with Crippen LogP contribution in [0.2, 0.25) is 0 Å². The molecule has 3 heterocycles. The van der Waals surface area contributed by atoms with E-state index in [9.17, 15) is 9.59 Å². The van der Waals surface area contributed by atoms with E-state index in [1.165, 1.54) is 11.8 Å². The summed E-state index contributed by atoms with van der Waals surface area (Å²) in [6.45, 7) is 0.702. The van der Waals surface area contributed by atoms with Crippen LogP contribution < -0.4 is 25.0 Å². The molecule has 0 unspecified atom stereocenters. The van der Waals surface area contributed by atoms with Crippen molar-refractivity contribution in [1.29, 1.82) is 0 Å². The van der Waals surface area contributed by atoms with Crippen LogP contribution in [0, 0.1) is 0 Å².